The minimum atomic E-state index is -4.58. The fraction of sp³-hybridized carbons (Fsp3) is 0.217. The Morgan fingerprint density at radius 1 is 1.06 bits per heavy atom. The number of fused-ring (bicyclic) bond motifs is 5. The Hall–Kier alpha value is -3.61. The minimum absolute atomic E-state index is 0.000250. The maximum atomic E-state index is 13.1. The van der Waals surface area contributed by atoms with Crippen molar-refractivity contribution >= 4 is 34.4 Å². The van der Waals surface area contributed by atoms with E-state index in [2.05, 4.69) is 5.53 Å². The predicted octanol–water partition coefficient (Wildman–Crippen LogP) is 4.23. The van der Waals surface area contributed by atoms with Gasteiger partial charge in [0, 0.05) is 18.2 Å². The molecule has 1 atom stereocenters. The first-order chi connectivity index (χ1) is 16.7. The van der Waals surface area contributed by atoms with E-state index in [1.54, 1.807) is 11.0 Å². The summed E-state index contributed by atoms with van der Waals surface area (Å²) >= 11 is 6.01. The number of benzene rings is 2. The molecule has 4 N–H and O–H groups in total. The van der Waals surface area contributed by atoms with Gasteiger partial charge in [0.05, 0.1) is 22.6 Å². The van der Waals surface area contributed by atoms with Gasteiger partial charge in [0.15, 0.2) is 11.5 Å². The molecule has 3 aliphatic rings. The van der Waals surface area contributed by atoms with Gasteiger partial charge >= 0.3 is 6.18 Å². The SMILES string of the molecule is N=C1CC2(C(=S)N(Cc3ccc(C(F)(F)F)o3)c3ccccc32)c2cc3c(cc2N1NN)OCO3. The normalized spacial score (nSPS) is 20.6. The molecule has 0 aliphatic carbocycles. The van der Waals surface area contributed by atoms with Crippen molar-refractivity contribution in [2.24, 2.45) is 5.84 Å². The monoisotopic (exact) mass is 501 g/mol. The summed E-state index contributed by atoms with van der Waals surface area (Å²) in [5.74, 6) is 6.01. The summed E-state index contributed by atoms with van der Waals surface area (Å²) in [6.45, 7) is 0.0612. The maximum absolute atomic E-state index is 13.1. The van der Waals surface area contributed by atoms with E-state index in [4.69, 9.17) is 37.4 Å². The zero-order chi connectivity index (χ0) is 24.5. The second kappa shape index (κ2) is 7.44. The third-order valence-electron chi connectivity index (χ3n) is 6.54. The lowest BCUT2D eigenvalue weighted by Crippen LogP contribution is -2.55. The van der Waals surface area contributed by atoms with E-state index in [1.807, 2.05) is 30.3 Å². The van der Waals surface area contributed by atoms with E-state index in [0.29, 0.717) is 22.2 Å². The largest absolute Gasteiger partial charge is 0.455 e. The molecule has 6 rings (SSSR count). The lowest BCUT2D eigenvalue weighted by Gasteiger charge is -2.42. The van der Waals surface area contributed by atoms with Crippen LogP contribution in [0.2, 0.25) is 0 Å². The first-order valence-corrected chi connectivity index (χ1v) is 11.0. The lowest BCUT2D eigenvalue weighted by molar-refractivity contribution is -0.153. The number of ether oxygens (including phenoxy) is 2. The molecular formula is C23H18F3N5O3S. The first kappa shape index (κ1) is 21.9. The third-order valence-corrected chi connectivity index (χ3v) is 7.11. The fourth-order valence-electron chi connectivity index (χ4n) is 5.06. The number of furan rings is 1. The number of para-hydroxylation sites is 1. The average molecular weight is 501 g/mol. The molecule has 0 saturated heterocycles. The number of halogens is 3. The van der Waals surface area contributed by atoms with Gasteiger partial charge in [-0.2, -0.15) is 18.7 Å². The predicted molar refractivity (Wildman–Crippen MR) is 124 cm³/mol. The molecule has 2 aromatic carbocycles. The minimum Gasteiger partial charge on any atom is -0.455 e. The van der Waals surface area contributed by atoms with Crippen LogP contribution in [0.5, 0.6) is 11.5 Å². The zero-order valence-corrected chi connectivity index (χ0v) is 18.8. The van der Waals surface area contributed by atoms with Gasteiger partial charge < -0.3 is 18.8 Å². The summed E-state index contributed by atoms with van der Waals surface area (Å²) in [4.78, 5) is 2.20. The summed E-state index contributed by atoms with van der Waals surface area (Å²) in [6.07, 6.45) is -4.41. The molecule has 35 heavy (non-hydrogen) atoms. The standard InChI is InChI=1S/C23H18F3N5O3S/c24-23(25,26)19-6-5-12(34-19)10-30-15-4-2-1-3-13(15)22(21(30)35)9-20(27)31(29-28)16-8-18-17(7-14(16)22)32-11-33-18/h1-8,27,29H,9-11,28H2. The number of hydrogen-bond acceptors (Lipinski definition) is 7. The molecule has 0 saturated carbocycles. The van der Waals surface area contributed by atoms with Crippen molar-refractivity contribution in [1.29, 1.82) is 5.41 Å². The Morgan fingerprint density at radius 2 is 1.80 bits per heavy atom. The highest BCUT2D eigenvalue weighted by Gasteiger charge is 2.54. The number of amidine groups is 1. The number of alkyl halides is 3. The van der Waals surface area contributed by atoms with Gasteiger partial charge in [-0.15, -0.1) is 0 Å². The molecule has 4 heterocycles. The van der Waals surface area contributed by atoms with Gasteiger partial charge in [-0.25, -0.2) is 5.01 Å². The second-order valence-corrected chi connectivity index (χ2v) is 8.77. The Bertz CT molecular complexity index is 1390. The first-order valence-electron chi connectivity index (χ1n) is 10.6. The molecule has 0 fully saturated rings. The van der Waals surface area contributed by atoms with Crippen molar-refractivity contribution in [3.05, 3.63) is 71.2 Å². The number of nitrogens with zero attached hydrogens (tertiary/aromatic N) is 2. The van der Waals surface area contributed by atoms with Crippen molar-refractivity contribution in [3.63, 3.8) is 0 Å². The molecule has 8 nitrogen and oxygen atoms in total. The molecule has 0 radical (unpaired) electrons. The number of hydrogen-bond donors (Lipinski definition) is 3. The Balaban J connectivity index is 1.51. The number of thiocarbonyl (C=S) groups is 1. The number of nitrogens with two attached hydrogens (primary N) is 1. The molecule has 0 bridgehead atoms. The molecule has 1 aromatic heterocycles. The van der Waals surface area contributed by atoms with Crippen LogP contribution < -0.4 is 30.8 Å². The Labute approximate surface area is 202 Å². The van der Waals surface area contributed by atoms with E-state index >= 15 is 0 Å². The van der Waals surface area contributed by atoms with Crippen molar-refractivity contribution in [2.75, 3.05) is 16.7 Å². The Morgan fingerprint density at radius 3 is 2.51 bits per heavy atom. The van der Waals surface area contributed by atoms with Crippen molar-refractivity contribution in [1.82, 2.24) is 5.53 Å². The zero-order valence-electron chi connectivity index (χ0n) is 18.0. The third kappa shape index (κ3) is 3.07. The average Bonchev–Trinajstić information content (AvgIpc) is 3.53. The van der Waals surface area contributed by atoms with Crippen LogP contribution in [0.15, 0.2) is 52.9 Å². The second-order valence-electron chi connectivity index (χ2n) is 8.39. The van der Waals surface area contributed by atoms with Crippen molar-refractivity contribution in [2.45, 2.75) is 24.6 Å². The van der Waals surface area contributed by atoms with E-state index in [0.717, 1.165) is 22.9 Å². The van der Waals surface area contributed by atoms with Crippen LogP contribution in [-0.4, -0.2) is 17.6 Å². The maximum Gasteiger partial charge on any atom is 0.449 e. The van der Waals surface area contributed by atoms with Crippen LogP contribution in [0, 0.1) is 5.41 Å². The number of hydrazine groups is 2. The van der Waals surface area contributed by atoms with E-state index in [-0.39, 0.29) is 31.4 Å². The quantitative estimate of drug-likeness (QED) is 0.279. The number of nitrogens with one attached hydrogen (secondary N) is 2. The van der Waals surface area contributed by atoms with Gasteiger partial charge in [-0.1, -0.05) is 30.4 Å². The number of anilines is 2. The van der Waals surface area contributed by atoms with Crippen molar-refractivity contribution in [3.8, 4) is 11.5 Å². The van der Waals surface area contributed by atoms with Gasteiger partial charge in [-0.3, -0.25) is 11.3 Å². The number of rotatable bonds is 3. The van der Waals surface area contributed by atoms with Crippen LogP contribution >= 0.6 is 12.2 Å². The molecular weight excluding hydrogens is 483 g/mol. The highest BCUT2D eigenvalue weighted by atomic mass is 32.1. The molecule has 3 aromatic rings. The lowest BCUT2D eigenvalue weighted by atomic mass is 9.70. The summed E-state index contributed by atoms with van der Waals surface area (Å²) in [5.41, 5.74) is 4.47. The molecule has 180 valence electrons. The van der Waals surface area contributed by atoms with Gasteiger partial charge in [0.25, 0.3) is 0 Å². The van der Waals surface area contributed by atoms with Crippen LogP contribution in [0.3, 0.4) is 0 Å². The van der Waals surface area contributed by atoms with E-state index in [1.165, 1.54) is 11.1 Å². The summed E-state index contributed by atoms with van der Waals surface area (Å²) in [5, 5.41) is 10.2. The van der Waals surface area contributed by atoms with Crippen molar-refractivity contribution < 1.29 is 27.1 Å². The fourth-order valence-corrected chi connectivity index (χ4v) is 5.52. The highest BCUT2D eigenvalue weighted by Crippen LogP contribution is 2.56. The molecule has 0 amide bonds. The van der Waals surface area contributed by atoms with Crippen LogP contribution in [0.4, 0.5) is 24.5 Å². The van der Waals surface area contributed by atoms with Gasteiger partial charge in [0.2, 0.25) is 12.6 Å². The molecule has 3 aliphatic heterocycles. The van der Waals surface area contributed by atoms with Crippen LogP contribution in [-0.2, 0) is 18.1 Å². The van der Waals surface area contributed by atoms with Crippen LogP contribution in [0.25, 0.3) is 0 Å². The topological polar surface area (TPSA) is 100.0 Å². The van der Waals surface area contributed by atoms with Gasteiger partial charge in [-0.05, 0) is 35.4 Å². The van der Waals surface area contributed by atoms with Crippen LogP contribution in [0.1, 0.15) is 29.1 Å². The molecule has 1 spiro atoms. The summed E-state index contributed by atoms with van der Waals surface area (Å²) < 4.78 is 55.6. The Kier molecular flexibility index (Phi) is 4.66. The molecule has 1 unspecified atom stereocenters. The van der Waals surface area contributed by atoms with E-state index in [9.17, 15) is 13.2 Å². The van der Waals surface area contributed by atoms with E-state index < -0.39 is 17.4 Å². The van der Waals surface area contributed by atoms with Gasteiger partial charge in [0.1, 0.15) is 11.6 Å². The smallest absolute Gasteiger partial charge is 0.449 e. The summed E-state index contributed by atoms with van der Waals surface area (Å²) in [6, 6.07) is 13.2. The summed E-state index contributed by atoms with van der Waals surface area (Å²) in [7, 11) is 0. The highest BCUT2D eigenvalue weighted by molar-refractivity contribution is 7.80. The molecule has 12 heteroatoms.